The maximum Gasteiger partial charge on any atom is 0.263 e. The molecule has 0 bridgehead atoms. The Hall–Kier alpha value is -4.66. The van der Waals surface area contributed by atoms with E-state index >= 15 is 0 Å². The number of aliphatic hydroxyl groups excluding tert-OH is 1. The molecule has 0 unspecified atom stereocenters. The van der Waals surface area contributed by atoms with Gasteiger partial charge in [-0.1, -0.05) is 79.7 Å². The summed E-state index contributed by atoms with van der Waals surface area (Å²) in [5.74, 6) is 0.803. The van der Waals surface area contributed by atoms with Gasteiger partial charge in [0.1, 0.15) is 17.1 Å². The molecular weight excluding hydrogens is 614 g/mol. The minimum atomic E-state index is -0.960. The highest BCUT2D eigenvalue weighted by Gasteiger charge is 2.43. The molecule has 1 fully saturated rings. The molecule has 2 heterocycles. The van der Waals surface area contributed by atoms with Crippen LogP contribution in [0.5, 0.6) is 11.5 Å². The van der Waals surface area contributed by atoms with Crippen LogP contribution in [0.4, 0.5) is 5.69 Å². The number of nitrogens with zero attached hydrogens (tertiary/aromatic N) is 1. The summed E-state index contributed by atoms with van der Waals surface area (Å²) < 4.78 is 12.8. The molecule has 8 nitrogen and oxygen atoms in total. The van der Waals surface area contributed by atoms with Crippen LogP contribution >= 0.6 is 0 Å². The second kappa shape index (κ2) is 14.4. The highest BCUT2D eigenvalue weighted by Crippen LogP contribution is 2.47. The van der Waals surface area contributed by atoms with Crippen LogP contribution < -0.4 is 25.0 Å². The van der Waals surface area contributed by atoms with Crippen LogP contribution in [0.1, 0.15) is 72.1 Å². The van der Waals surface area contributed by atoms with Gasteiger partial charge in [0.2, 0.25) is 0 Å². The van der Waals surface area contributed by atoms with Gasteiger partial charge in [-0.05, 0) is 80.0 Å². The summed E-state index contributed by atoms with van der Waals surface area (Å²) in [6.45, 7) is 2.48. The zero-order valence-corrected chi connectivity index (χ0v) is 28.0. The third kappa shape index (κ3) is 7.21. The van der Waals surface area contributed by atoms with Gasteiger partial charge in [-0.25, -0.2) is 0 Å². The number of nitrogens with one attached hydrogen (secondary N) is 2. The van der Waals surface area contributed by atoms with Crippen LogP contribution in [-0.4, -0.2) is 53.9 Å². The van der Waals surface area contributed by atoms with E-state index in [1.807, 2.05) is 66.7 Å². The molecule has 4 atom stereocenters. The Morgan fingerprint density at radius 1 is 0.898 bits per heavy atom. The number of rotatable bonds is 10. The first-order chi connectivity index (χ1) is 23.9. The lowest BCUT2D eigenvalue weighted by molar-refractivity contribution is -0.129. The van der Waals surface area contributed by atoms with Gasteiger partial charge in [-0.2, -0.15) is 0 Å². The van der Waals surface area contributed by atoms with Crippen LogP contribution in [0, 0.1) is 0 Å². The first-order valence-corrected chi connectivity index (χ1v) is 17.6. The van der Waals surface area contributed by atoms with Crippen LogP contribution in [0.25, 0.3) is 0 Å². The number of hydrogen-bond donors (Lipinski definition) is 3. The van der Waals surface area contributed by atoms with Crippen molar-refractivity contribution < 1.29 is 24.2 Å². The maximum atomic E-state index is 14.0. The number of fused-ring (bicyclic) bond motifs is 2. The molecule has 8 heteroatoms. The molecule has 49 heavy (non-hydrogen) atoms. The molecule has 7 rings (SSSR count). The molecule has 1 spiro atoms. The predicted octanol–water partition coefficient (Wildman–Crippen LogP) is 6.17. The molecule has 0 saturated heterocycles. The summed E-state index contributed by atoms with van der Waals surface area (Å²) in [4.78, 5) is 29.3. The number of aryl methyl sites for hydroxylation is 1. The van der Waals surface area contributed by atoms with Crippen molar-refractivity contribution in [1.82, 2.24) is 10.6 Å². The summed E-state index contributed by atoms with van der Waals surface area (Å²) in [5, 5.41) is 18.6. The molecule has 2 aliphatic heterocycles. The zero-order valence-electron chi connectivity index (χ0n) is 28.0. The molecule has 0 aromatic heterocycles. The number of ether oxygens (including phenoxy) is 2. The van der Waals surface area contributed by atoms with Gasteiger partial charge < -0.3 is 30.1 Å². The standard InChI is InChI=1S/C41H45N3O5/c1-2-28-19-20-36-31(23-28)33(25-41(49-36)21-11-12-22-41)42-26-35(45)32(24-29-13-5-3-6-14-29)43-39(46)38-27-44(34-17-9-10-18-37(34)48-38)40(47)30-15-7-4-8-16-30/h3-10,13-20,23,32-33,35,38,42,45H,2,11-12,21-22,24-27H2,1H3,(H,43,46)/t32-,33-,35+,38+/m0/s1. The number of hydrogen-bond acceptors (Lipinski definition) is 6. The van der Waals surface area contributed by atoms with Crippen LogP contribution in [0.3, 0.4) is 0 Å². The molecule has 3 aliphatic rings. The van der Waals surface area contributed by atoms with E-state index in [4.69, 9.17) is 9.47 Å². The molecule has 2 amide bonds. The fourth-order valence-electron chi connectivity index (χ4n) is 7.58. The fraction of sp³-hybridized carbons (Fsp3) is 0.366. The first-order valence-electron chi connectivity index (χ1n) is 17.6. The van der Waals surface area contributed by atoms with Crippen molar-refractivity contribution in [3.63, 3.8) is 0 Å². The topological polar surface area (TPSA) is 100 Å². The van der Waals surface area contributed by atoms with Crippen LogP contribution in [0.15, 0.2) is 103 Å². The number of carbonyl (C=O) groups excluding carboxylic acids is 2. The SMILES string of the molecule is CCc1ccc2c(c1)[C@@H](NC[C@@H](O)[C@H](Cc1ccccc1)NC(=O)[C@H]1CN(C(=O)c3ccccc3)c3ccccc3O1)CC1(CCCC1)O2. The summed E-state index contributed by atoms with van der Waals surface area (Å²) in [6, 6.07) is 32.1. The van der Waals surface area contributed by atoms with Crippen LogP contribution in [0.2, 0.25) is 0 Å². The van der Waals surface area contributed by atoms with E-state index in [0.29, 0.717) is 23.4 Å². The lowest BCUT2D eigenvalue weighted by Crippen LogP contribution is -2.56. The van der Waals surface area contributed by atoms with Crippen molar-refractivity contribution in [2.45, 2.75) is 81.8 Å². The number of carbonyl (C=O) groups is 2. The van der Waals surface area contributed by atoms with E-state index in [2.05, 4.69) is 35.8 Å². The van der Waals surface area contributed by atoms with E-state index in [9.17, 15) is 14.7 Å². The quantitative estimate of drug-likeness (QED) is 0.188. The van der Waals surface area contributed by atoms with Crippen LogP contribution in [-0.2, 0) is 17.6 Å². The molecule has 1 aliphatic carbocycles. The van der Waals surface area contributed by atoms with Crippen molar-refractivity contribution >= 4 is 17.5 Å². The second-order valence-electron chi connectivity index (χ2n) is 13.6. The van der Waals surface area contributed by atoms with Gasteiger partial charge in [0.15, 0.2) is 6.10 Å². The average Bonchev–Trinajstić information content (AvgIpc) is 3.60. The maximum absolute atomic E-state index is 14.0. The summed E-state index contributed by atoms with van der Waals surface area (Å²) in [7, 11) is 0. The Balaban J connectivity index is 1.10. The van der Waals surface area contributed by atoms with E-state index in [0.717, 1.165) is 55.4 Å². The number of benzene rings is 4. The Bertz CT molecular complexity index is 1760. The summed E-state index contributed by atoms with van der Waals surface area (Å²) in [6.07, 6.45) is 4.72. The minimum Gasteiger partial charge on any atom is -0.487 e. The highest BCUT2D eigenvalue weighted by atomic mass is 16.5. The second-order valence-corrected chi connectivity index (χ2v) is 13.6. The summed E-state index contributed by atoms with van der Waals surface area (Å²) in [5.41, 5.74) is 4.34. The molecule has 1 saturated carbocycles. The van der Waals surface area contributed by atoms with Gasteiger partial charge in [0, 0.05) is 30.1 Å². The molecule has 3 N–H and O–H groups in total. The van der Waals surface area contributed by atoms with Gasteiger partial charge >= 0.3 is 0 Å². The number of amides is 2. The monoisotopic (exact) mass is 659 g/mol. The Morgan fingerprint density at radius 2 is 1.61 bits per heavy atom. The summed E-state index contributed by atoms with van der Waals surface area (Å²) >= 11 is 0. The Morgan fingerprint density at radius 3 is 2.37 bits per heavy atom. The zero-order chi connectivity index (χ0) is 33.8. The number of para-hydroxylation sites is 2. The minimum absolute atomic E-state index is 0.0202. The van der Waals surface area contributed by atoms with Crippen molar-refractivity contribution in [3.05, 3.63) is 125 Å². The lowest BCUT2D eigenvalue weighted by Gasteiger charge is -2.41. The average molecular weight is 660 g/mol. The van der Waals surface area contributed by atoms with Gasteiger partial charge in [0.25, 0.3) is 11.8 Å². The Labute approximate surface area is 288 Å². The van der Waals surface area contributed by atoms with Gasteiger partial charge in [0.05, 0.1) is 24.4 Å². The van der Waals surface area contributed by atoms with E-state index in [-0.39, 0.29) is 36.5 Å². The van der Waals surface area contributed by atoms with E-state index in [1.165, 1.54) is 5.56 Å². The lowest BCUT2D eigenvalue weighted by atomic mass is 9.85. The van der Waals surface area contributed by atoms with Crippen molar-refractivity contribution in [3.8, 4) is 11.5 Å². The molecule has 4 aromatic rings. The molecule has 0 radical (unpaired) electrons. The molecular formula is C41H45N3O5. The van der Waals surface area contributed by atoms with E-state index in [1.54, 1.807) is 23.1 Å². The predicted molar refractivity (Wildman–Crippen MR) is 190 cm³/mol. The Kier molecular flexibility index (Phi) is 9.69. The van der Waals surface area contributed by atoms with Gasteiger partial charge in [-0.3, -0.25) is 9.59 Å². The normalized spacial score (nSPS) is 20.3. The first kappa shape index (κ1) is 32.9. The van der Waals surface area contributed by atoms with E-state index < -0.39 is 18.2 Å². The molecule has 254 valence electrons. The largest absolute Gasteiger partial charge is 0.487 e. The van der Waals surface area contributed by atoms with Gasteiger partial charge in [-0.15, -0.1) is 0 Å². The van der Waals surface area contributed by atoms with Crippen molar-refractivity contribution in [1.29, 1.82) is 0 Å². The third-order valence-corrected chi connectivity index (χ3v) is 10.3. The number of anilines is 1. The van der Waals surface area contributed by atoms with Crippen molar-refractivity contribution in [2.75, 3.05) is 18.0 Å². The molecule has 4 aromatic carbocycles. The number of aliphatic hydroxyl groups is 1. The smallest absolute Gasteiger partial charge is 0.263 e. The van der Waals surface area contributed by atoms with Crippen molar-refractivity contribution in [2.24, 2.45) is 0 Å². The highest BCUT2D eigenvalue weighted by molar-refractivity contribution is 6.07. The fourth-order valence-corrected chi connectivity index (χ4v) is 7.58. The third-order valence-electron chi connectivity index (χ3n) is 10.3.